The third-order valence-corrected chi connectivity index (χ3v) is 3.65. The van der Waals surface area contributed by atoms with Gasteiger partial charge in [-0.2, -0.15) is 5.10 Å². The molecule has 2 aromatic heterocycles. The molecule has 1 aliphatic heterocycles. The second kappa shape index (κ2) is 4.77. The lowest BCUT2D eigenvalue weighted by Crippen LogP contribution is -2.45. The Morgan fingerprint density at radius 2 is 2.26 bits per heavy atom. The molecule has 6 nitrogen and oxygen atoms in total. The van der Waals surface area contributed by atoms with Gasteiger partial charge in [0.15, 0.2) is 5.65 Å². The van der Waals surface area contributed by atoms with Crippen molar-refractivity contribution in [3.05, 3.63) is 12.0 Å². The quantitative estimate of drug-likeness (QED) is 0.815. The van der Waals surface area contributed by atoms with Gasteiger partial charge in [-0.1, -0.05) is 6.92 Å². The summed E-state index contributed by atoms with van der Waals surface area (Å²) >= 11 is 0. The van der Waals surface area contributed by atoms with E-state index < -0.39 is 0 Å². The van der Waals surface area contributed by atoms with E-state index in [-0.39, 0.29) is 0 Å². The van der Waals surface area contributed by atoms with Crippen molar-refractivity contribution >= 4 is 16.9 Å². The Balaban J connectivity index is 2.12. The topological polar surface area (TPSA) is 56.1 Å². The van der Waals surface area contributed by atoms with Crippen LogP contribution in [0.1, 0.15) is 19.2 Å². The van der Waals surface area contributed by atoms with Crippen molar-refractivity contribution in [3.8, 4) is 0 Å². The lowest BCUT2D eigenvalue weighted by Gasteiger charge is -2.36. The van der Waals surface area contributed by atoms with Crippen LogP contribution in [0, 0.1) is 6.92 Å². The summed E-state index contributed by atoms with van der Waals surface area (Å²) in [6.07, 6.45) is 2.90. The first-order valence-electron chi connectivity index (χ1n) is 6.71. The van der Waals surface area contributed by atoms with Crippen molar-refractivity contribution in [2.24, 2.45) is 7.05 Å². The minimum Gasteiger partial charge on any atom is -0.377 e. The number of fused-ring (bicyclic) bond motifs is 1. The van der Waals surface area contributed by atoms with Crippen LogP contribution in [0.25, 0.3) is 11.0 Å². The van der Waals surface area contributed by atoms with E-state index in [1.54, 1.807) is 4.68 Å². The van der Waals surface area contributed by atoms with Crippen molar-refractivity contribution in [2.45, 2.75) is 26.3 Å². The Bertz CT molecular complexity index is 594. The van der Waals surface area contributed by atoms with Crippen LogP contribution in [0.5, 0.6) is 0 Å². The average molecular weight is 261 g/mol. The maximum atomic E-state index is 5.57. The van der Waals surface area contributed by atoms with Crippen LogP contribution in [-0.2, 0) is 11.8 Å². The molecule has 0 N–H and O–H groups in total. The van der Waals surface area contributed by atoms with Gasteiger partial charge < -0.3 is 9.64 Å². The molecule has 3 heterocycles. The first-order chi connectivity index (χ1) is 9.20. The molecule has 6 heteroatoms. The number of aromatic nitrogens is 4. The molecule has 1 atom stereocenters. The van der Waals surface area contributed by atoms with Gasteiger partial charge in [-0.25, -0.2) is 9.97 Å². The zero-order valence-electron chi connectivity index (χ0n) is 11.6. The minimum absolute atomic E-state index is 0.381. The third-order valence-electron chi connectivity index (χ3n) is 3.65. The fourth-order valence-corrected chi connectivity index (χ4v) is 2.60. The summed E-state index contributed by atoms with van der Waals surface area (Å²) in [5, 5.41) is 5.32. The smallest absolute Gasteiger partial charge is 0.163 e. The van der Waals surface area contributed by atoms with Crippen LogP contribution in [0.3, 0.4) is 0 Å². The van der Waals surface area contributed by atoms with Gasteiger partial charge >= 0.3 is 0 Å². The molecule has 0 amide bonds. The van der Waals surface area contributed by atoms with Crippen LogP contribution in [0.2, 0.25) is 0 Å². The van der Waals surface area contributed by atoms with E-state index in [2.05, 4.69) is 26.9 Å². The van der Waals surface area contributed by atoms with Crippen LogP contribution in [0.15, 0.2) is 6.20 Å². The summed E-state index contributed by atoms with van der Waals surface area (Å²) in [4.78, 5) is 11.5. The van der Waals surface area contributed by atoms with Crippen molar-refractivity contribution in [1.82, 2.24) is 19.7 Å². The average Bonchev–Trinajstić information content (AvgIpc) is 2.79. The maximum absolute atomic E-state index is 5.57. The molecule has 19 heavy (non-hydrogen) atoms. The monoisotopic (exact) mass is 261 g/mol. The maximum Gasteiger partial charge on any atom is 0.163 e. The van der Waals surface area contributed by atoms with E-state index in [0.29, 0.717) is 6.04 Å². The van der Waals surface area contributed by atoms with Crippen LogP contribution >= 0.6 is 0 Å². The zero-order valence-corrected chi connectivity index (χ0v) is 11.6. The minimum atomic E-state index is 0.381. The molecule has 0 aromatic carbocycles. The summed E-state index contributed by atoms with van der Waals surface area (Å²) in [7, 11) is 1.91. The summed E-state index contributed by atoms with van der Waals surface area (Å²) < 4.78 is 7.37. The standard InChI is InChI=1S/C13H19N5O/c1-4-10-8-19-6-5-18(10)13-11-7-14-17(3)12(11)15-9(2)16-13/h7,10H,4-6,8H2,1-3H3/t10-/m0/s1. The first kappa shape index (κ1) is 12.3. The Kier molecular flexibility index (Phi) is 3.10. The van der Waals surface area contributed by atoms with E-state index in [9.17, 15) is 0 Å². The van der Waals surface area contributed by atoms with Gasteiger partial charge in [-0.3, -0.25) is 4.68 Å². The molecule has 0 unspecified atom stereocenters. The molecule has 102 valence electrons. The molecule has 1 saturated heterocycles. The highest BCUT2D eigenvalue weighted by molar-refractivity contribution is 5.87. The molecule has 2 aromatic rings. The Morgan fingerprint density at radius 1 is 1.42 bits per heavy atom. The van der Waals surface area contributed by atoms with E-state index in [1.165, 1.54) is 0 Å². The highest BCUT2D eigenvalue weighted by Crippen LogP contribution is 2.27. The third kappa shape index (κ3) is 2.06. The molecule has 1 fully saturated rings. The van der Waals surface area contributed by atoms with Crippen LogP contribution in [0.4, 0.5) is 5.82 Å². The lowest BCUT2D eigenvalue weighted by molar-refractivity contribution is 0.0927. The number of rotatable bonds is 2. The number of ether oxygens (including phenoxy) is 1. The number of morpholine rings is 1. The lowest BCUT2D eigenvalue weighted by atomic mass is 10.1. The van der Waals surface area contributed by atoms with Gasteiger partial charge in [-0.15, -0.1) is 0 Å². The Labute approximate surface area is 112 Å². The molecular weight excluding hydrogens is 242 g/mol. The number of hydrogen-bond acceptors (Lipinski definition) is 5. The zero-order chi connectivity index (χ0) is 13.4. The van der Waals surface area contributed by atoms with Crippen molar-refractivity contribution < 1.29 is 4.74 Å². The first-order valence-corrected chi connectivity index (χ1v) is 6.71. The number of hydrogen-bond donors (Lipinski definition) is 0. The normalized spacial score (nSPS) is 20.2. The van der Waals surface area contributed by atoms with Crippen molar-refractivity contribution in [3.63, 3.8) is 0 Å². The van der Waals surface area contributed by atoms with Gasteiger partial charge in [0.1, 0.15) is 11.6 Å². The number of nitrogens with zero attached hydrogens (tertiary/aromatic N) is 5. The number of aryl methyl sites for hydroxylation is 2. The fourth-order valence-electron chi connectivity index (χ4n) is 2.60. The molecule has 0 bridgehead atoms. The van der Waals surface area contributed by atoms with E-state index in [1.807, 2.05) is 20.2 Å². The van der Waals surface area contributed by atoms with Gasteiger partial charge in [0.2, 0.25) is 0 Å². The molecule has 1 aliphatic rings. The number of anilines is 1. The molecule has 0 spiro atoms. The van der Waals surface area contributed by atoms with Crippen LogP contribution < -0.4 is 4.90 Å². The molecule has 3 rings (SSSR count). The summed E-state index contributed by atoms with van der Waals surface area (Å²) in [5.41, 5.74) is 0.892. The second-order valence-corrected chi connectivity index (χ2v) is 4.93. The highest BCUT2D eigenvalue weighted by atomic mass is 16.5. The Morgan fingerprint density at radius 3 is 3.05 bits per heavy atom. The second-order valence-electron chi connectivity index (χ2n) is 4.93. The van der Waals surface area contributed by atoms with E-state index >= 15 is 0 Å². The van der Waals surface area contributed by atoms with Crippen LogP contribution in [-0.4, -0.2) is 45.5 Å². The summed E-state index contributed by atoms with van der Waals surface area (Å²) in [5.74, 6) is 1.78. The fraction of sp³-hybridized carbons (Fsp3) is 0.615. The van der Waals surface area contributed by atoms with Gasteiger partial charge in [0, 0.05) is 13.6 Å². The Hall–Kier alpha value is -1.69. The molecule has 0 saturated carbocycles. The summed E-state index contributed by atoms with van der Waals surface area (Å²) in [6.45, 7) is 6.50. The van der Waals surface area contributed by atoms with Crippen molar-refractivity contribution in [1.29, 1.82) is 0 Å². The highest BCUT2D eigenvalue weighted by Gasteiger charge is 2.25. The largest absolute Gasteiger partial charge is 0.377 e. The summed E-state index contributed by atoms with van der Waals surface area (Å²) in [6, 6.07) is 0.381. The molecule has 0 radical (unpaired) electrons. The van der Waals surface area contributed by atoms with Gasteiger partial charge in [-0.05, 0) is 13.3 Å². The van der Waals surface area contributed by atoms with Gasteiger partial charge in [0.25, 0.3) is 0 Å². The van der Waals surface area contributed by atoms with E-state index in [0.717, 1.165) is 48.9 Å². The molecular formula is C13H19N5O. The van der Waals surface area contributed by atoms with E-state index in [4.69, 9.17) is 4.74 Å². The predicted molar refractivity (Wildman–Crippen MR) is 73.3 cm³/mol. The van der Waals surface area contributed by atoms with Gasteiger partial charge in [0.05, 0.1) is 30.8 Å². The molecule has 0 aliphatic carbocycles. The SMILES string of the molecule is CC[C@H]1COCCN1c1nc(C)nc2c1cnn2C. The predicted octanol–water partition coefficient (Wildman–Crippen LogP) is 1.29. The van der Waals surface area contributed by atoms with Crippen molar-refractivity contribution in [2.75, 3.05) is 24.7 Å².